The lowest BCUT2D eigenvalue weighted by atomic mass is 10.0. The first-order valence-corrected chi connectivity index (χ1v) is 16.0. The Labute approximate surface area is 287 Å². The van der Waals surface area contributed by atoms with E-state index in [1.165, 1.54) is 29.6 Å². The van der Waals surface area contributed by atoms with Crippen LogP contribution < -0.4 is 24.8 Å². The second-order valence-electron chi connectivity index (χ2n) is 12.2. The number of alkyl halides is 2. The first-order chi connectivity index (χ1) is 24.0. The summed E-state index contributed by atoms with van der Waals surface area (Å²) in [6.45, 7) is 4.33. The Morgan fingerprint density at radius 1 is 1.12 bits per heavy atom. The van der Waals surface area contributed by atoms with Crippen molar-refractivity contribution in [1.29, 1.82) is 0 Å². The maximum atomic E-state index is 15.5. The summed E-state index contributed by atoms with van der Waals surface area (Å²) in [6, 6.07) is 8.70. The topological polar surface area (TPSA) is 144 Å². The highest BCUT2D eigenvalue weighted by Crippen LogP contribution is 2.46. The maximum Gasteiger partial charge on any atom is 0.296 e. The normalized spacial score (nSPS) is 16.3. The number of hydrogen-bond acceptors (Lipinski definition) is 12. The zero-order valence-corrected chi connectivity index (χ0v) is 28.4. The van der Waals surface area contributed by atoms with Crippen LogP contribution in [0.3, 0.4) is 0 Å². The molecule has 2 N–H and O–H groups in total. The van der Waals surface area contributed by atoms with E-state index < -0.39 is 24.5 Å². The Morgan fingerprint density at radius 2 is 1.96 bits per heavy atom. The second-order valence-corrected chi connectivity index (χ2v) is 12.2. The SMILES string of the molecule is CCOc1cc2ncnc(Nc3ccc(Oc4cc5ncnn5cn4)c(C)c3)c2c(O[C@@H]2CCN(C)CC2(F)F)c1NC(=O)/C=C/CN(C)C. The molecule has 0 unspecified atom stereocenters. The number of rotatable bonds is 12. The van der Waals surface area contributed by atoms with Gasteiger partial charge in [0.1, 0.15) is 42.0 Å². The third kappa shape index (κ3) is 7.71. The molecule has 0 bridgehead atoms. The lowest BCUT2D eigenvalue weighted by molar-refractivity contribution is -0.134. The number of carbonyl (C=O) groups is 1. The molecule has 16 heteroatoms. The van der Waals surface area contributed by atoms with Gasteiger partial charge >= 0.3 is 0 Å². The fraction of sp³-hybridized carbons (Fsp3) is 0.353. The number of likely N-dealkylation sites (N-methyl/N-ethyl adjacent to an activating group) is 1. The summed E-state index contributed by atoms with van der Waals surface area (Å²) < 4.78 is 50.6. The van der Waals surface area contributed by atoms with Gasteiger partial charge in [-0.25, -0.2) is 33.2 Å². The minimum absolute atomic E-state index is 0.0238. The van der Waals surface area contributed by atoms with Crippen LogP contribution in [-0.2, 0) is 4.79 Å². The van der Waals surface area contributed by atoms with Crippen LogP contribution in [0, 0.1) is 6.92 Å². The van der Waals surface area contributed by atoms with E-state index in [2.05, 4.69) is 35.7 Å². The van der Waals surface area contributed by atoms with E-state index in [-0.39, 0.29) is 36.0 Å². The molecular formula is C34H38F2N10O4. The molecule has 2 aromatic carbocycles. The number of benzene rings is 2. The number of anilines is 3. The lowest BCUT2D eigenvalue weighted by Gasteiger charge is -2.37. The van der Waals surface area contributed by atoms with Gasteiger partial charge in [0.25, 0.3) is 5.92 Å². The van der Waals surface area contributed by atoms with Crippen molar-refractivity contribution in [3.63, 3.8) is 0 Å². The molecule has 6 rings (SSSR count). The van der Waals surface area contributed by atoms with Gasteiger partial charge in [-0.1, -0.05) is 6.08 Å². The van der Waals surface area contributed by atoms with Gasteiger partial charge in [-0.05, 0) is 58.8 Å². The molecule has 1 amide bonds. The zero-order valence-electron chi connectivity index (χ0n) is 28.4. The van der Waals surface area contributed by atoms with E-state index in [9.17, 15) is 4.79 Å². The van der Waals surface area contributed by atoms with Crippen molar-refractivity contribution in [3.05, 3.63) is 67.0 Å². The number of nitrogens with zero attached hydrogens (tertiary/aromatic N) is 8. The number of nitrogens with one attached hydrogen (secondary N) is 2. The van der Waals surface area contributed by atoms with Crippen molar-refractivity contribution in [3.8, 4) is 23.1 Å². The second kappa shape index (κ2) is 14.6. The molecule has 3 aromatic heterocycles. The number of amides is 1. The summed E-state index contributed by atoms with van der Waals surface area (Å²) >= 11 is 0. The Morgan fingerprint density at radius 3 is 2.72 bits per heavy atom. The molecule has 0 radical (unpaired) electrons. The summed E-state index contributed by atoms with van der Waals surface area (Å²) in [4.78, 5) is 34.0. The van der Waals surface area contributed by atoms with Gasteiger partial charge in [-0.2, -0.15) is 5.10 Å². The first kappa shape index (κ1) is 34.4. The average Bonchev–Trinajstić information content (AvgIpc) is 3.53. The van der Waals surface area contributed by atoms with Crippen molar-refractivity contribution in [2.24, 2.45) is 0 Å². The highest BCUT2D eigenvalue weighted by atomic mass is 19.3. The number of carbonyl (C=O) groups excluding carboxylic acids is 1. The lowest BCUT2D eigenvalue weighted by Crippen LogP contribution is -2.52. The first-order valence-electron chi connectivity index (χ1n) is 16.0. The van der Waals surface area contributed by atoms with Crippen LogP contribution in [0.1, 0.15) is 18.9 Å². The largest absolute Gasteiger partial charge is 0.491 e. The molecular weight excluding hydrogens is 650 g/mol. The molecule has 0 aliphatic carbocycles. The van der Waals surface area contributed by atoms with Gasteiger partial charge in [-0.3, -0.25) is 4.79 Å². The van der Waals surface area contributed by atoms with Crippen molar-refractivity contribution >= 4 is 39.6 Å². The molecule has 1 aliphatic rings. The van der Waals surface area contributed by atoms with E-state index in [4.69, 9.17) is 14.2 Å². The number of aryl methyl sites for hydroxylation is 1. The molecule has 5 aromatic rings. The summed E-state index contributed by atoms with van der Waals surface area (Å²) in [6.07, 6.45) is 5.92. The van der Waals surface area contributed by atoms with Gasteiger partial charge in [0, 0.05) is 43.4 Å². The average molecular weight is 689 g/mol. The third-order valence-electron chi connectivity index (χ3n) is 7.92. The van der Waals surface area contributed by atoms with Gasteiger partial charge in [-0.15, -0.1) is 0 Å². The highest BCUT2D eigenvalue weighted by molar-refractivity contribution is 6.08. The number of ether oxygens (including phenoxy) is 3. The summed E-state index contributed by atoms with van der Waals surface area (Å²) in [5.74, 6) is -2.29. The standard InChI is InChI=1S/C34H38F2N10O4/c1-6-48-25-15-23-30(32(31(25)43-28(47)8-7-12-44(3)4)50-26-11-13-45(5)17-34(26,35)36)33(39-18-37-23)42-22-9-10-24(21(2)14-22)49-29-16-27-38-19-41-46(27)20-40-29/h7-10,14-16,18-20,26H,6,11-13,17H2,1-5H3,(H,43,47)(H,37,39,42)/b8-7+/t26-/m1/s1. The van der Waals surface area contributed by atoms with Crippen molar-refractivity contribution in [2.45, 2.75) is 32.3 Å². The number of likely N-dealkylation sites (tertiary alicyclic amines) is 1. The quantitative estimate of drug-likeness (QED) is 0.169. The van der Waals surface area contributed by atoms with Crippen LogP contribution in [0.4, 0.5) is 26.0 Å². The molecule has 262 valence electrons. The van der Waals surface area contributed by atoms with E-state index in [1.54, 1.807) is 49.2 Å². The van der Waals surface area contributed by atoms with E-state index in [0.29, 0.717) is 47.0 Å². The number of hydrogen-bond donors (Lipinski definition) is 2. The molecule has 0 saturated carbocycles. The fourth-order valence-electron chi connectivity index (χ4n) is 5.54. The molecule has 50 heavy (non-hydrogen) atoms. The predicted molar refractivity (Wildman–Crippen MR) is 184 cm³/mol. The highest BCUT2D eigenvalue weighted by Gasteiger charge is 2.46. The molecule has 4 heterocycles. The summed E-state index contributed by atoms with van der Waals surface area (Å²) in [7, 11) is 5.39. The zero-order chi connectivity index (χ0) is 35.4. The van der Waals surface area contributed by atoms with E-state index in [1.807, 2.05) is 32.0 Å². The fourth-order valence-corrected chi connectivity index (χ4v) is 5.54. The molecule has 0 spiro atoms. The van der Waals surface area contributed by atoms with Crippen molar-refractivity contribution < 1.29 is 27.8 Å². The van der Waals surface area contributed by atoms with Crippen LogP contribution in [0.25, 0.3) is 16.6 Å². The molecule has 1 aliphatic heterocycles. The number of halogens is 2. The van der Waals surface area contributed by atoms with E-state index >= 15 is 8.78 Å². The molecule has 1 atom stereocenters. The smallest absolute Gasteiger partial charge is 0.296 e. The van der Waals surface area contributed by atoms with Crippen molar-refractivity contribution in [1.82, 2.24) is 39.3 Å². The van der Waals surface area contributed by atoms with Crippen LogP contribution >= 0.6 is 0 Å². The number of piperidine rings is 1. The van der Waals surface area contributed by atoms with Crippen LogP contribution in [0.2, 0.25) is 0 Å². The Hall–Kier alpha value is -5.48. The predicted octanol–water partition coefficient (Wildman–Crippen LogP) is 5.09. The molecule has 1 saturated heterocycles. The minimum Gasteiger partial charge on any atom is -0.491 e. The van der Waals surface area contributed by atoms with Crippen LogP contribution in [-0.4, -0.2) is 105 Å². The molecule has 1 fully saturated rings. The van der Waals surface area contributed by atoms with Crippen LogP contribution in [0.15, 0.2) is 61.5 Å². The van der Waals surface area contributed by atoms with Gasteiger partial charge in [0.05, 0.1) is 24.1 Å². The van der Waals surface area contributed by atoms with Crippen molar-refractivity contribution in [2.75, 3.05) is 58.0 Å². The Bertz CT molecular complexity index is 2040. The third-order valence-corrected chi connectivity index (χ3v) is 7.92. The number of aromatic nitrogens is 6. The Kier molecular flexibility index (Phi) is 10.0. The van der Waals surface area contributed by atoms with Gasteiger partial charge in [0.2, 0.25) is 11.8 Å². The molecule has 14 nitrogen and oxygen atoms in total. The Balaban J connectivity index is 1.39. The monoisotopic (exact) mass is 688 g/mol. The maximum absolute atomic E-state index is 15.5. The van der Waals surface area contributed by atoms with E-state index in [0.717, 1.165) is 5.56 Å². The van der Waals surface area contributed by atoms with Crippen LogP contribution in [0.5, 0.6) is 23.1 Å². The summed E-state index contributed by atoms with van der Waals surface area (Å²) in [5.41, 5.74) is 2.45. The number of fused-ring (bicyclic) bond motifs is 2. The summed E-state index contributed by atoms with van der Waals surface area (Å²) in [5, 5.41) is 10.5. The van der Waals surface area contributed by atoms with Gasteiger partial charge in [0.15, 0.2) is 17.5 Å². The van der Waals surface area contributed by atoms with Gasteiger partial charge < -0.3 is 34.6 Å². The minimum atomic E-state index is -3.18.